The van der Waals surface area contributed by atoms with Crippen LogP contribution in [-0.2, 0) is 6.42 Å². The van der Waals surface area contributed by atoms with Crippen molar-refractivity contribution in [1.29, 1.82) is 0 Å². The zero-order valence-corrected chi connectivity index (χ0v) is 14.4. The van der Waals surface area contributed by atoms with E-state index >= 15 is 0 Å². The summed E-state index contributed by atoms with van der Waals surface area (Å²) in [6.45, 7) is 3.96. The van der Waals surface area contributed by atoms with Crippen LogP contribution in [0.3, 0.4) is 0 Å². The quantitative estimate of drug-likeness (QED) is 0.677. The summed E-state index contributed by atoms with van der Waals surface area (Å²) in [5, 5.41) is 14.2. The highest BCUT2D eigenvalue weighted by Gasteiger charge is 2.25. The average Bonchev–Trinajstić information content (AvgIpc) is 3.21. The van der Waals surface area contributed by atoms with Crippen molar-refractivity contribution in [3.63, 3.8) is 0 Å². The van der Waals surface area contributed by atoms with Gasteiger partial charge in [-0.15, -0.1) is 0 Å². The fourth-order valence-electron chi connectivity index (χ4n) is 3.68. The third kappa shape index (κ3) is 2.88. The van der Waals surface area contributed by atoms with Crippen LogP contribution in [-0.4, -0.2) is 16.2 Å². The lowest BCUT2D eigenvalue weighted by Gasteiger charge is -2.24. The number of nitrogens with zero attached hydrogens (tertiary/aromatic N) is 1. The van der Waals surface area contributed by atoms with Crippen LogP contribution < -0.4 is 10.6 Å². The minimum Gasteiger partial charge on any atom is -0.459 e. The van der Waals surface area contributed by atoms with Gasteiger partial charge in [0.15, 0.2) is 0 Å². The number of aromatic nitrogens is 2. The molecule has 0 aliphatic heterocycles. The first-order valence-electron chi connectivity index (χ1n) is 8.70. The first-order chi connectivity index (χ1) is 12.1. The van der Waals surface area contributed by atoms with Crippen LogP contribution in [0, 0.1) is 6.92 Å². The summed E-state index contributed by atoms with van der Waals surface area (Å²) in [6.07, 6.45) is 4.83. The van der Waals surface area contributed by atoms with Gasteiger partial charge in [0.25, 0.3) is 0 Å². The van der Waals surface area contributed by atoms with Crippen LogP contribution in [0.15, 0.2) is 34.9 Å². The summed E-state index contributed by atoms with van der Waals surface area (Å²) in [5.74, 6) is 0.794. The molecule has 3 aromatic rings. The molecule has 25 heavy (non-hydrogen) atoms. The zero-order chi connectivity index (χ0) is 17.4. The summed E-state index contributed by atoms with van der Waals surface area (Å²) >= 11 is 0. The first kappa shape index (κ1) is 15.7. The minimum atomic E-state index is -0.211. The van der Waals surface area contributed by atoms with E-state index in [0.29, 0.717) is 0 Å². The molecule has 1 unspecified atom stereocenters. The molecule has 130 valence electrons. The second-order valence-electron chi connectivity index (χ2n) is 6.68. The van der Waals surface area contributed by atoms with Crippen LogP contribution in [0.4, 0.5) is 4.79 Å². The van der Waals surface area contributed by atoms with E-state index in [9.17, 15) is 4.79 Å². The van der Waals surface area contributed by atoms with E-state index in [0.717, 1.165) is 47.2 Å². The maximum absolute atomic E-state index is 12.5. The molecule has 6 heteroatoms. The number of aromatic amines is 1. The van der Waals surface area contributed by atoms with E-state index in [1.807, 2.05) is 44.3 Å². The zero-order valence-electron chi connectivity index (χ0n) is 14.4. The van der Waals surface area contributed by atoms with Crippen molar-refractivity contribution >= 4 is 17.0 Å². The highest BCUT2D eigenvalue weighted by molar-refractivity contribution is 5.82. The van der Waals surface area contributed by atoms with Crippen molar-refractivity contribution in [1.82, 2.24) is 20.8 Å². The number of fused-ring (bicyclic) bond motifs is 2. The number of amides is 2. The van der Waals surface area contributed by atoms with Crippen LogP contribution in [0.25, 0.3) is 11.0 Å². The predicted octanol–water partition coefficient (Wildman–Crippen LogP) is 3.90. The van der Waals surface area contributed by atoms with Gasteiger partial charge in [-0.25, -0.2) is 4.79 Å². The Bertz CT molecular complexity index is 911. The number of urea groups is 1. The fraction of sp³-hybridized carbons (Fsp3) is 0.368. The standard InChI is InChI=1S/C19H22N4O2/c1-11-14-7-3-4-9-16(14)25-18(11)12(2)21-19(24)22-15-8-5-6-13-10-20-23-17(13)15/h3-4,7,9-10,12,15H,5-6,8H2,1-2H3,(H,20,23)(H2,21,22,24)/t12-,15?/m0/s1. The molecule has 4 rings (SSSR count). The van der Waals surface area contributed by atoms with Gasteiger partial charge in [-0.3, -0.25) is 5.10 Å². The maximum Gasteiger partial charge on any atom is 0.315 e. The summed E-state index contributed by atoms with van der Waals surface area (Å²) in [4.78, 5) is 12.5. The van der Waals surface area contributed by atoms with E-state index < -0.39 is 0 Å². The molecule has 2 amide bonds. The van der Waals surface area contributed by atoms with Gasteiger partial charge in [-0.1, -0.05) is 18.2 Å². The third-order valence-corrected chi connectivity index (χ3v) is 4.97. The second-order valence-corrected chi connectivity index (χ2v) is 6.68. The molecule has 0 bridgehead atoms. The Morgan fingerprint density at radius 3 is 3.08 bits per heavy atom. The van der Waals surface area contributed by atoms with E-state index in [1.165, 1.54) is 5.56 Å². The predicted molar refractivity (Wildman–Crippen MR) is 95.3 cm³/mol. The smallest absolute Gasteiger partial charge is 0.315 e. The normalized spacial score (nSPS) is 17.9. The molecule has 0 spiro atoms. The maximum atomic E-state index is 12.5. The topological polar surface area (TPSA) is 83.0 Å². The number of aryl methyl sites for hydroxylation is 2. The Labute approximate surface area is 146 Å². The summed E-state index contributed by atoms with van der Waals surface area (Å²) in [6, 6.07) is 7.49. The third-order valence-electron chi connectivity index (χ3n) is 4.97. The van der Waals surface area contributed by atoms with Crippen LogP contribution >= 0.6 is 0 Å². The van der Waals surface area contributed by atoms with Crippen molar-refractivity contribution < 1.29 is 9.21 Å². The van der Waals surface area contributed by atoms with Crippen LogP contribution in [0.5, 0.6) is 0 Å². The van der Waals surface area contributed by atoms with Gasteiger partial charge in [0.1, 0.15) is 11.3 Å². The Morgan fingerprint density at radius 1 is 1.40 bits per heavy atom. The molecule has 3 N–H and O–H groups in total. The molecular formula is C19H22N4O2. The van der Waals surface area contributed by atoms with Crippen molar-refractivity contribution in [3.8, 4) is 0 Å². The molecule has 1 aliphatic rings. The van der Waals surface area contributed by atoms with Crippen molar-refractivity contribution in [2.24, 2.45) is 0 Å². The van der Waals surface area contributed by atoms with Crippen LogP contribution in [0.2, 0.25) is 0 Å². The van der Waals surface area contributed by atoms with E-state index in [4.69, 9.17) is 4.42 Å². The Balaban J connectivity index is 1.47. The number of carbonyl (C=O) groups is 1. The molecule has 2 heterocycles. The summed E-state index contributed by atoms with van der Waals surface area (Å²) in [7, 11) is 0. The van der Waals surface area contributed by atoms with Gasteiger partial charge < -0.3 is 15.1 Å². The van der Waals surface area contributed by atoms with Gasteiger partial charge in [0.2, 0.25) is 0 Å². The highest BCUT2D eigenvalue weighted by atomic mass is 16.3. The van der Waals surface area contributed by atoms with Crippen LogP contribution in [0.1, 0.15) is 54.4 Å². The van der Waals surface area contributed by atoms with Gasteiger partial charge >= 0.3 is 6.03 Å². The number of nitrogens with one attached hydrogen (secondary N) is 3. The Kier molecular flexibility index (Phi) is 3.95. The minimum absolute atomic E-state index is 0.0183. The Morgan fingerprint density at radius 2 is 2.24 bits per heavy atom. The van der Waals surface area contributed by atoms with Gasteiger partial charge in [0, 0.05) is 10.9 Å². The highest BCUT2D eigenvalue weighted by Crippen LogP contribution is 2.30. The molecule has 2 atom stereocenters. The van der Waals surface area contributed by atoms with E-state index in [2.05, 4.69) is 20.8 Å². The molecule has 0 saturated carbocycles. The van der Waals surface area contributed by atoms with Crippen molar-refractivity contribution in [3.05, 3.63) is 53.0 Å². The molecule has 0 fully saturated rings. The lowest BCUT2D eigenvalue weighted by molar-refractivity contribution is 0.230. The lowest BCUT2D eigenvalue weighted by atomic mass is 9.94. The van der Waals surface area contributed by atoms with Crippen molar-refractivity contribution in [2.45, 2.75) is 45.2 Å². The number of rotatable bonds is 3. The lowest BCUT2D eigenvalue weighted by Crippen LogP contribution is -2.40. The fourth-order valence-corrected chi connectivity index (χ4v) is 3.68. The number of H-pyrrole nitrogens is 1. The second kappa shape index (κ2) is 6.27. The van der Waals surface area contributed by atoms with Gasteiger partial charge in [-0.2, -0.15) is 5.10 Å². The Hall–Kier alpha value is -2.76. The molecule has 6 nitrogen and oxygen atoms in total. The number of furan rings is 1. The largest absolute Gasteiger partial charge is 0.459 e. The average molecular weight is 338 g/mol. The number of para-hydroxylation sites is 1. The van der Waals surface area contributed by atoms with Crippen molar-refractivity contribution in [2.75, 3.05) is 0 Å². The summed E-state index contributed by atoms with van der Waals surface area (Å²) < 4.78 is 5.94. The van der Waals surface area contributed by atoms with Gasteiger partial charge in [-0.05, 0) is 44.7 Å². The molecule has 0 saturated heterocycles. The number of hydrogen-bond acceptors (Lipinski definition) is 3. The molecular weight excluding hydrogens is 316 g/mol. The van der Waals surface area contributed by atoms with E-state index in [-0.39, 0.29) is 18.1 Å². The first-order valence-corrected chi connectivity index (χ1v) is 8.70. The molecule has 1 aliphatic carbocycles. The van der Waals surface area contributed by atoms with Gasteiger partial charge in [0.05, 0.1) is 24.0 Å². The monoisotopic (exact) mass is 338 g/mol. The number of benzene rings is 1. The molecule has 1 aromatic carbocycles. The van der Waals surface area contributed by atoms with E-state index in [1.54, 1.807) is 0 Å². The molecule has 2 aromatic heterocycles. The number of hydrogen-bond donors (Lipinski definition) is 3. The molecule has 0 radical (unpaired) electrons. The number of carbonyl (C=O) groups excluding carboxylic acids is 1. The SMILES string of the molecule is Cc1c([C@H](C)NC(=O)NC2CCCc3cn[nH]c32)oc2ccccc12. The summed E-state index contributed by atoms with van der Waals surface area (Å²) in [5.41, 5.74) is 4.13.